The lowest BCUT2D eigenvalue weighted by Gasteiger charge is -2.40. The first kappa shape index (κ1) is 26.0. The van der Waals surface area contributed by atoms with E-state index in [1.165, 1.54) is 4.90 Å². The van der Waals surface area contributed by atoms with Crippen molar-refractivity contribution in [2.45, 2.75) is 25.0 Å². The van der Waals surface area contributed by atoms with Gasteiger partial charge in [0.15, 0.2) is 0 Å². The lowest BCUT2D eigenvalue weighted by atomic mass is 9.87. The van der Waals surface area contributed by atoms with Crippen LogP contribution in [-0.2, 0) is 16.1 Å². The van der Waals surface area contributed by atoms with Gasteiger partial charge in [0.25, 0.3) is 0 Å². The Bertz CT molecular complexity index is 1170. The summed E-state index contributed by atoms with van der Waals surface area (Å²) in [6, 6.07) is 24.0. The van der Waals surface area contributed by atoms with Gasteiger partial charge in [0, 0.05) is 24.6 Å². The number of benzene rings is 3. The molecule has 194 valence electrons. The Labute approximate surface area is 216 Å². The van der Waals surface area contributed by atoms with E-state index in [1.807, 2.05) is 54.6 Å². The Morgan fingerprint density at radius 2 is 1.68 bits per heavy atom. The second kappa shape index (κ2) is 12.8. The molecule has 4 rings (SSSR count). The van der Waals surface area contributed by atoms with Crippen LogP contribution >= 0.6 is 0 Å². The Morgan fingerprint density at radius 3 is 2.41 bits per heavy atom. The van der Waals surface area contributed by atoms with Crippen molar-refractivity contribution in [3.8, 4) is 11.5 Å². The van der Waals surface area contributed by atoms with Crippen LogP contribution in [0.2, 0.25) is 0 Å². The third-order valence-electron chi connectivity index (χ3n) is 6.37. The van der Waals surface area contributed by atoms with Crippen LogP contribution < -0.4 is 14.6 Å². The Hall–Kier alpha value is -4.04. The molecule has 8 heteroatoms. The molecule has 0 aromatic heterocycles. The number of hydrogen-bond donors (Lipinski definition) is 0. The molecule has 8 nitrogen and oxygen atoms in total. The van der Waals surface area contributed by atoms with Crippen LogP contribution in [0, 0.1) is 0 Å². The van der Waals surface area contributed by atoms with Gasteiger partial charge in [-0.15, -0.1) is 0 Å². The van der Waals surface area contributed by atoms with Crippen molar-refractivity contribution in [1.82, 2.24) is 4.90 Å². The van der Waals surface area contributed by atoms with Gasteiger partial charge in [-0.25, -0.2) is 4.79 Å². The Morgan fingerprint density at radius 1 is 0.946 bits per heavy atom. The summed E-state index contributed by atoms with van der Waals surface area (Å²) < 4.78 is 22.6. The van der Waals surface area contributed by atoms with Crippen LogP contribution in [0.5, 0.6) is 11.5 Å². The molecule has 37 heavy (non-hydrogen) atoms. The van der Waals surface area contributed by atoms with Crippen LogP contribution in [0.25, 0.3) is 0 Å². The maximum Gasteiger partial charge on any atom is 0.338 e. The fourth-order valence-corrected chi connectivity index (χ4v) is 4.41. The Kier molecular flexibility index (Phi) is 8.99. The van der Waals surface area contributed by atoms with Crippen molar-refractivity contribution in [3.05, 3.63) is 95.6 Å². The number of amides is 1. The molecule has 0 aliphatic carbocycles. The topological polar surface area (TPSA) is 97.4 Å². The number of esters is 1. The number of likely N-dealkylation sites (tertiary alicyclic amines) is 1. The molecule has 1 aliphatic heterocycles. The molecular formula is C29H30NO7-. The number of methoxy groups -OCH3 is 1. The molecule has 3 aromatic rings. The van der Waals surface area contributed by atoms with Crippen LogP contribution in [0.1, 0.15) is 33.8 Å². The molecule has 3 aromatic carbocycles. The van der Waals surface area contributed by atoms with E-state index in [0.717, 1.165) is 16.9 Å². The highest BCUT2D eigenvalue weighted by Gasteiger charge is 2.31. The van der Waals surface area contributed by atoms with E-state index < -0.39 is 6.09 Å². The molecule has 0 saturated carbocycles. The number of hydrogen-bond acceptors (Lipinski definition) is 7. The van der Waals surface area contributed by atoms with Crippen LogP contribution in [0.3, 0.4) is 0 Å². The standard InChI is InChI=1S/C29H31NO7/c1-34-26-10-6-5-9-23(26)20-37-27-19-30(29(32)33)16-15-25(27)21-11-13-24(14-12-21)35-17-18-36-28(31)22-7-3-2-4-8-22/h2-14,25,27H,15-20H2,1H3,(H,32,33)/p-1. The summed E-state index contributed by atoms with van der Waals surface area (Å²) in [4.78, 5) is 24.8. The van der Waals surface area contributed by atoms with E-state index in [4.69, 9.17) is 18.9 Å². The number of piperidine rings is 1. The van der Waals surface area contributed by atoms with Gasteiger partial charge in [0.05, 0.1) is 25.4 Å². The lowest BCUT2D eigenvalue weighted by Crippen LogP contribution is -2.51. The highest BCUT2D eigenvalue weighted by molar-refractivity contribution is 5.89. The number of rotatable bonds is 10. The van der Waals surface area contributed by atoms with Crippen molar-refractivity contribution in [2.75, 3.05) is 33.4 Å². The number of para-hydroxylation sites is 1. The quantitative estimate of drug-likeness (QED) is 0.307. The molecule has 0 bridgehead atoms. The number of ether oxygens (including phenoxy) is 4. The van der Waals surface area contributed by atoms with Crippen molar-refractivity contribution in [2.24, 2.45) is 0 Å². The van der Waals surface area contributed by atoms with E-state index in [2.05, 4.69) is 0 Å². The largest absolute Gasteiger partial charge is 0.530 e. The lowest BCUT2D eigenvalue weighted by molar-refractivity contribution is -0.268. The average Bonchev–Trinajstić information content (AvgIpc) is 2.95. The summed E-state index contributed by atoms with van der Waals surface area (Å²) in [6.45, 7) is 1.28. The van der Waals surface area contributed by atoms with Gasteiger partial charge in [-0.1, -0.05) is 48.5 Å². The van der Waals surface area contributed by atoms with Gasteiger partial charge in [-0.2, -0.15) is 0 Å². The molecule has 1 amide bonds. The predicted molar refractivity (Wildman–Crippen MR) is 135 cm³/mol. The first-order valence-electron chi connectivity index (χ1n) is 12.2. The van der Waals surface area contributed by atoms with E-state index in [0.29, 0.717) is 30.9 Å². The molecule has 0 radical (unpaired) electrons. The zero-order valence-electron chi connectivity index (χ0n) is 20.7. The molecule has 1 heterocycles. The molecule has 1 fully saturated rings. The summed E-state index contributed by atoms with van der Waals surface area (Å²) in [5.41, 5.74) is 2.43. The Balaban J connectivity index is 1.34. The fraction of sp³-hybridized carbons (Fsp3) is 0.310. The van der Waals surface area contributed by atoms with Gasteiger partial charge in [0.2, 0.25) is 0 Å². The smallest absolute Gasteiger partial charge is 0.338 e. The summed E-state index contributed by atoms with van der Waals surface area (Å²) in [6.07, 6.45) is -0.929. The van der Waals surface area contributed by atoms with E-state index in [1.54, 1.807) is 31.4 Å². The average molecular weight is 505 g/mol. The number of nitrogens with zero attached hydrogens (tertiary/aromatic N) is 1. The fourth-order valence-electron chi connectivity index (χ4n) is 4.41. The molecular weight excluding hydrogens is 474 g/mol. The molecule has 2 unspecified atom stereocenters. The van der Waals surface area contributed by atoms with Crippen LogP contribution in [0.15, 0.2) is 78.9 Å². The highest BCUT2D eigenvalue weighted by atomic mass is 16.6. The summed E-state index contributed by atoms with van der Waals surface area (Å²) >= 11 is 0. The molecule has 1 aliphatic rings. The zero-order chi connectivity index (χ0) is 26.0. The van der Waals surface area contributed by atoms with Crippen molar-refractivity contribution < 1.29 is 33.6 Å². The van der Waals surface area contributed by atoms with Gasteiger partial charge in [-0.05, 0) is 42.3 Å². The second-order valence-corrected chi connectivity index (χ2v) is 8.69. The number of carbonyl (C=O) groups excluding carboxylic acids is 2. The number of carboxylic acid groups (broad SMARTS) is 1. The number of carbonyl (C=O) groups is 2. The van der Waals surface area contributed by atoms with Gasteiger partial charge < -0.3 is 33.7 Å². The van der Waals surface area contributed by atoms with E-state index in [9.17, 15) is 14.7 Å². The summed E-state index contributed by atoms with van der Waals surface area (Å²) in [7, 11) is 1.61. The second-order valence-electron chi connectivity index (χ2n) is 8.69. The molecule has 0 spiro atoms. The van der Waals surface area contributed by atoms with E-state index >= 15 is 0 Å². The minimum absolute atomic E-state index is 0.00573. The minimum Gasteiger partial charge on any atom is -0.530 e. The third-order valence-corrected chi connectivity index (χ3v) is 6.37. The third kappa shape index (κ3) is 7.01. The van der Waals surface area contributed by atoms with Gasteiger partial charge >= 0.3 is 5.97 Å². The van der Waals surface area contributed by atoms with Crippen LogP contribution in [0.4, 0.5) is 4.79 Å². The first-order chi connectivity index (χ1) is 18.0. The normalized spacial score (nSPS) is 17.2. The summed E-state index contributed by atoms with van der Waals surface area (Å²) in [5.74, 6) is 0.994. The first-order valence-corrected chi connectivity index (χ1v) is 12.2. The van der Waals surface area contributed by atoms with Crippen molar-refractivity contribution in [3.63, 3.8) is 0 Å². The summed E-state index contributed by atoms with van der Waals surface area (Å²) in [5, 5.41) is 11.5. The van der Waals surface area contributed by atoms with E-state index in [-0.39, 0.29) is 37.7 Å². The van der Waals surface area contributed by atoms with Crippen LogP contribution in [-0.4, -0.2) is 56.5 Å². The zero-order valence-corrected chi connectivity index (χ0v) is 20.7. The minimum atomic E-state index is -1.19. The molecule has 0 N–H and O–H groups in total. The maximum absolute atomic E-state index is 12.0. The SMILES string of the molecule is COc1ccccc1COC1CN(C(=O)[O-])CCC1c1ccc(OCCOC(=O)c2ccccc2)cc1. The highest BCUT2D eigenvalue weighted by Crippen LogP contribution is 2.32. The molecule has 1 saturated heterocycles. The van der Waals surface area contributed by atoms with Crippen molar-refractivity contribution in [1.29, 1.82) is 0 Å². The monoisotopic (exact) mass is 504 g/mol. The van der Waals surface area contributed by atoms with Gasteiger partial charge in [-0.3, -0.25) is 0 Å². The predicted octanol–water partition coefficient (Wildman–Crippen LogP) is 3.65. The van der Waals surface area contributed by atoms with Gasteiger partial charge in [0.1, 0.15) is 30.8 Å². The maximum atomic E-state index is 12.0. The molecule has 2 atom stereocenters. The van der Waals surface area contributed by atoms with Crippen molar-refractivity contribution >= 4 is 12.1 Å².